The van der Waals surface area contributed by atoms with E-state index in [2.05, 4.69) is 15.0 Å². The summed E-state index contributed by atoms with van der Waals surface area (Å²) in [6, 6.07) is 6.52. The number of halogens is 4. The van der Waals surface area contributed by atoms with Crippen LogP contribution in [0.1, 0.15) is 5.56 Å². The van der Waals surface area contributed by atoms with Crippen molar-refractivity contribution in [2.45, 2.75) is 12.7 Å². The molecule has 0 saturated carbocycles. The van der Waals surface area contributed by atoms with Crippen molar-refractivity contribution in [2.24, 2.45) is 4.99 Å². The van der Waals surface area contributed by atoms with Crippen LogP contribution in [-0.2, 0) is 6.54 Å². The molecule has 0 saturated heterocycles. The van der Waals surface area contributed by atoms with E-state index in [1.807, 2.05) is 11.9 Å². The number of hydrogen-bond acceptors (Lipinski definition) is 4. The molecule has 0 fully saturated rings. The smallest absolute Gasteiger partial charge is 0.422 e. The van der Waals surface area contributed by atoms with E-state index < -0.39 is 12.8 Å². The van der Waals surface area contributed by atoms with Crippen LogP contribution in [0.15, 0.2) is 29.3 Å². The number of ether oxygens (including phenoxy) is 1. The summed E-state index contributed by atoms with van der Waals surface area (Å²) >= 11 is 0. The van der Waals surface area contributed by atoms with Crippen LogP contribution in [0.4, 0.5) is 13.2 Å². The molecule has 8 heteroatoms. The molecule has 1 heterocycles. The molecule has 2 rings (SSSR count). The quantitative estimate of drug-likeness (QED) is 0.769. The lowest BCUT2D eigenvalue weighted by atomic mass is 10.2. The van der Waals surface area contributed by atoms with E-state index in [0.717, 1.165) is 24.6 Å². The fraction of sp³-hybridized carbons (Fsp3) is 0.462. The molecule has 21 heavy (non-hydrogen) atoms. The topological polar surface area (TPSA) is 36.9 Å². The maximum Gasteiger partial charge on any atom is 0.422 e. The first-order valence-electron chi connectivity index (χ1n) is 6.22. The van der Waals surface area contributed by atoms with Gasteiger partial charge in [-0.15, -0.1) is 24.0 Å². The van der Waals surface area contributed by atoms with Gasteiger partial charge in [-0.05, 0) is 17.7 Å². The van der Waals surface area contributed by atoms with E-state index in [4.69, 9.17) is 0 Å². The van der Waals surface area contributed by atoms with Gasteiger partial charge in [-0.1, -0.05) is 12.1 Å². The predicted molar refractivity (Wildman–Crippen MR) is 85.2 cm³/mol. The second-order valence-corrected chi connectivity index (χ2v) is 4.53. The SMILES string of the molecule is CN1CCN=C1NCc1ccc(OCC(F)(F)F)cc1.I. The van der Waals surface area contributed by atoms with Gasteiger partial charge in [0.1, 0.15) is 5.75 Å². The summed E-state index contributed by atoms with van der Waals surface area (Å²) < 4.78 is 40.6. The van der Waals surface area contributed by atoms with Gasteiger partial charge in [0.2, 0.25) is 0 Å². The van der Waals surface area contributed by atoms with Crippen molar-refractivity contribution in [3.63, 3.8) is 0 Å². The highest BCUT2D eigenvalue weighted by Crippen LogP contribution is 2.18. The number of aliphatic imine (C=N–C) groups is 1. The summed E-state index contributed by atoms with van der Waals surface area (Å²) in [6.45, 7) is 0.977. The maximum atomic E-state index is 12.0. The van der Waals surface area contributed by atoms with Gasteiger partial charge in [0.15, 0.2) is 12.6 Å². The van der Waals surface area contributed by atoms with Gasteiger partial charge in [-0.3, -0.25) is 4.99 Å². The van der Waals surface area contributed by atoms with E-state index in [0.29, 0.717) is 6.54 Å². The Balaban J connectivity index is 0.00000220. The molecule has 4 nitrogen and oxygen atoms in total. The summed E-state index contributed by atoms with van der Waals surface area (Å²) in [4.78, 5) is 6.30. The summed E-state index contributed by atoms with van der Waals surface area (Å²) in [5, 5.41) is 3.18. The Morgan fingerprint density at radius 1 is 1.29 bits per heavy atom. The number of rotatable bonds is 4. The average Bonchev–Trinajstić information content (AvgIpc) is 2.80. The van der Waals surface area contributed by atoms with Gasteiger partial charge in [-0.25, -0.2) is 0 Å². The van der Waals surface area contributed by atoms with E-state index in [9.17, 15) is 13.2 Å². The third-order valence-corrected chi connectivity index (χ3v) is 2.84. The molecule has 0 aliphatic carbocycles. The van der Waals surface area contributed by atoms with Gasteiger partial charge < -0.3 is 15.0 Å². The Morgan fingerprint density at radius 3 is 2.48 bits per heavy atom. The van der Waals surface area contributed by atoms with Gasteiger partial charge >= 0.3 is 6.18 Å². The summed E-state index contributed by atoms with van der Waals surface area (Å²) in [6.07, 6.45) is -4.31. The Kier molecular flexibility index (Phi) is 6.56. The van der Waals surface area contributed by atoms with Gasteiger partial charge in [0, 0.05) is 20.1 Å². The molecule has 0 atom stereocenters. The van der Waals surface area contributed by atoms with Crippen LogP contribution in [0.3, 0.4) is 0 Å². The third kappa shape index (κ3) is 5.98. The second-order valence-electron chi connectivity index (χ2n) is 4.53. The van der Waals surface area contributed by atoms with Crippen molar-refractivity contribution < 1.29 is 17.9 Å². The number of nitrogens with one attached hydrogen (secondary N) is 1. The molecule has 0 amide bonds. The Bertz CT molecular complexity index is 477. The van der Waals surface area contributed by atoms with Gasteiger partial charge in [0.25, 0.3) is 0 Å². The zero-order valence-electron chi connectivity index (χ0n) is 11.5. The number of benzene rings is 1. The van der Waals surface area contributed by atoms with E-state index in [1.54, 1.807) is 12.1 Å². The maximum absolute atomic E-state index is 12.0. The van der Waals surface area contributed by atoms with Crippen molar-refractivity contribution in [1.29, 1.82) is 0 Å². The van der Waals surface area contributed by atoms with Crippen LogP contribution in [-0.4, -0.2) is 43.8 Å². The zero-order chi connectivity index (χ0) is 14.6. The first kappa shape index (κ1) is 17.9. The van der Waals surface area contributed by atoms with Crippen molar-refractivity contribution in [1.82, 2.24) is 10.2 Å². The van der Waals surface area contributed by atoms with Crippen molar-refractivity contribution in [3.8, 4) is 5.75 Å². The number of hydrogen-bond donors (Lipinski definition) is 1. The lowest BCUT2D eigenvalue weighted by Gasteiger charge is -2.15. The molecule has 1 aliphatic heterocycles. The second kappa shape index (κ2) is 7.71. The standard InChI is InChI=1S/C13H16F3N3O.HI/c1-19-7-6-17-12(19)18-8-10-2-4-11(5-3-10)20-9-13(14,15)16;/h2-5H,6-9H2,1H3,(H,17,18);1H. The predicted octanol–water partition coefficient (Wildman–Crippen LogP) is 2.64. The van der Waals surface area contributed by atoms with Crippen LogP contribution < -0.4 is 10.1 Å². The first-order chi connectivity index (χ1) is 9.44. The Labute approximate surface area is 138 Å². The van der Waals surface area contributed by atoms with Gasteiger partial charge in [0.05, 0.1) is 6.54 Å². The molecular weight excluding hydrogens is 398 g/mol. The van der Waals surface area contributed by atoms with Crippen molar-refractivity contribution in [2.75, 3.05) is 26.7 Å². The van der Waals surface area contributed by atoms with Crippen LogP contribution in [0.2, 0.25) is 0 Å². The molecule has 1 aromatic carbocycles. The molecule has 0 bridgehead atoms. The zero-order valence-corrected chi connectivity index (χ0v) is 13.8. The summed E-state index contributed by atoms with van der Waals surface area (Å²) in [5.41, 5.74) is 0.951. The van der Waals surface area contributed by atoms with Crippen molar-refractivity contribution in [3.05, 3.63) is 29.8 Å². The molecule has 0 aromatic heterocycles. The lowest BCUT2D eigenvalue weighted by Crippen LogP contribution is -2.35. The van der Waals surface area contributed by atoms with Crippen LogP contribution in [0.5, 0.6) is 5.75 Å². The third-order valence-electron chi connectivity index (χ3n) is 2.84. The Morgan fingerprint density at radius 2 is 1.95 bits per heavy atom. The monoisotopic (exact) mass is 415 g/mol. The Hall–Kier alpha value is -1.19. The molecular formula is C13H17F3IN3O. The molecule has 0 unspecified atom stereocenters. The molecule has 0 radical (unpaired) electrons. The highest BCUT2D eigenvalue weighted by atomic mass is 127. The van der Waals surface area contributed by atoms with E-state index in [-0.39, 0.29) is 29.7 Å². The molecule has 1 aliphatic rings. The van der Waals surface area contributed by atoms with Crippen LogP contribution >= 0.6 is 24.0 Å². The van der Waals surface area contributed by atoms with Crippen LogP contribution in [0, 0.1) is 0 Å². The molecule has 1 aromatic rings. The number of nitrogens with zero attached hydrogens (tertiary/aromatic N) is 2. The lowest BCUT2D eigenvalue weighted by molar-refractivity contribution is -0.153. The summed E-state index contributed by atoms with van der Waals surface area (Å²) in [5.74, 6) is 1.05. The number of guanidine groups is 1. The largest absolute Gasteiger partial charge is 0.484 e. The fourth-order valence-electron chi connectivity index (χ4n) is 1.77. The molecule has 0 spiro atoms. The van der Waals surface area contributed by atoms with Crippen molar-refractivity contribution >= 4 is 29.9 Å². The minimum Gasteiger partial charge on any atom is -0.484 e. The number of alkyl halides is 3. The average molecular weight is 415 g/mol. The highest BCUT2D eigenvalue weighted by Gasteiger charge is 2.28. The molecule has 1 N–H and O–H groups in total. The summed E-state index contributed by atoms with van der Waals surface area (Å²) in [7, 11) is 1.95. The normalized spacial score (nSPS) is 14.5. The highest BCUT2D eigenvalue weighted by molar-refractivity contribution is 14.0. The van der Waals surface area contributed by atoms with E-state index in [1.165, 1.54) is 12.1 Å². The minimum atomic E-state index is -4.31. The first-order valence-corrected chi connectivity index (χ1v) is 6.22. The van der Waals surface area contributed by atoms with Gasteiger partial charge in [-0.2, -0.15) is 13.2 Å². The van der Waals surface area contributed by atoms with Crippen LogP contribution in [0.25, 0.3) is 0 Å². The minimum absolute atomic E-state index is 0. The molecule has 118 valence electrons. The van der Waals surface area contributed by atoms with E-state index >= 15 is 0 Å². The fourth-order valence-corrected chi connectivity index (χ4v) is 1.77. The number of likely N-dealkylation sites (N-methyl/N-ethyl adjacent to an activating group) is 1.